The summed E-state index contributed by atoms with van der Waals surface area (Å²) in [5.41, 5.74) is -1.52. The first-order valence-electron chi connectivity index (χ1n) is 10.9. The summed E-state index contributed by atoms with van der Waals surface area (Å²) >= 11 is 0. The number of alkyl halides is 2. The number of hydrogen-bond donors (Lipinski definition) is 3. The lowest BCUT2D eigenvalue weighted by molar-refractivity contribution is 0.0265. The van der Waals surface area contributed by atoms with Gasteiger partial charge in [0.25, 0.3) is 15.8 Å². The van der Waals surface area contributed by atoms with Gasteiger partial charge in [0.2, 0.25) is 12.4 Å². The quantitative estimate of drug-likeness (QED) is 0.556. The maximum absolute atomic E-state index is 13.2. The normalized spacial score (nSPS) is 25.2. The molecule has 2 aliphatic rings. The Morgan fingerprint density at radius 2 is 2.03 bits per heavy atom. The lowest BCUT2D eigenvalue weighted by atomic mass is 9.99. The molecule has 0 spiro atoms. The smallest absolute Gasteiger partial charge is 0.276 e. The molecule has 1 aliphatic heterocycles. The molecule has 2 atom stereocenters. The third-order valence-corrected chi connectivity index (χ3v) is 7.64. The first kappa shape index (κ1) is 23.9. The molecule has 0 bridgehead atoms. The fourth-order valence-corrected chi connectivity index (χ4v) is 5.54. The predicted octanol–water partition coefficient (Wildman–Crippen LogP) is 1.15. The van der Waals surface area contributed by atoms with Crippen molar-refractivity contribution in [3.8, 4) is 0 Å². The van der Waals surface area contributed by atoms with E-state index in [2.05, 4.69) is 15.3 Å². The highest BCUT2D eigenvalue weighted by Gasteiger charge is 2.40. The maximum atomic E-state index is 13.2. The van der Waals surface area contributed by atoms with Crippen molar-refractivity contribution in [1.82, 2.24) is 18.8 Å². The van der Waals surface area contributed by atoms with E-state index in [4.69, 9.17) is 5.14 Å². The van der Waals surface area contributed by atoms with Crippen molar-refractivity contribution in [2.24, 2.45) is 5.14 Å². The summed E-state index contributed by atoms with van der Waals surface area (Å²) < 4.78 is 51.7. The Kier molecular flexibility index (Phi) is 6.42. The Bertz CT molecular complexity index is 1190. The van der Waals surface area contributed by atoms with Crippen LogP contribution in [0.1, 0.15) is 50.6 Å². The van der Waals surface area contributed by atoms with Crippen molar-refractivity contribution in [2.45, 2.75) is 69.6 Å². The topological polar surface area (TPSA) is 143 Å². The fourth-order valence-electron chi connectivity index (χ4n) is 4.82. The minimum atomic E-state index is -3.74. The zero-order chi connectivity index (χ0) is 24.0. The Morgan fingerprint density at radius 1 is 1.33 bits per heavy atom. The molecule has 0 unspecified atom stereocenters. The average molecular weight is 487 g/mol. The average Bonchev–Trinajstić information content (AvgIpc) is 3.07. The SMILES string of the molecule is C[C@]1(O)CCC[C@H]1n1c(=O)c(CC(F)F)cc2cnc(NC3CCN(S(N)(=O)=O)CC3)nc21. The summed E-state index contributed by atoms with van der Waals surface area (Å²) in [7, 11) is -3.74. The summed E-state index contributed by atoms with van der Waals surface area (Å²) in [6.07, 6.45) is 0.805. The molecule has 2 aromatic heterocycles. The summed E-state index contributed by atoms with van der Waals surface area (Å²) in [5, 5.41) is 19.6. The van der Waals surface area contributed by atoms with E-state index < -0.39 is 40.3 Å². The summed E-state index contributed by atoms with van der Waals surface area (Å²) in [5.74, 6) is 0.240. The van der Waals surface area contributed by atoms with Crippen LogP contribution in [0.3, 0.4) is 0 Å². The summed E-state index contributed by atoms with van der Waals surface area (Å²) in [6.45, 7) is 2.16. The molecule has 182 valence electrons. The molecular weight excluding hydrogens is 458 g/mol. The molecule has 0 aromatic carbocycles. The molecule has 4 N–H and O–H groups in total. The molecule has 0 amide bonds. The van der Waals surface area contributed by atoms with Gasteiger partial charge in [-0.2, -0.15) is 17.7 Å². The highest BCUT2D eigenvalue weighted by Crippen LogP contribution is 2.39. The predicted molar refractivity (Wildman–Crippen MR) is 118 cm³/mol. The van der Waals surface area contributed by atoms with Crippen LogP contribution in [0.5, 0.6) is 0 Å². The molecule has 4 rings (SSSR count). The van der Waals surface area contributed by atoms with Crippen LogP contribution in [0.25, 0.3) is 11.0 Å². The van der Waals surface area contributed by atoms with E-state index in [1.165, 1.54) is 21.1 Å². The van der Waals surface area contributed by atoms with Gasteiger partial charge in [0.15, 0.2) is 0 Å². The molecule has 1 aliphatic carbocycles. The molecule has 1 saturated heterocycles. The van der Waals surface area contributed by atoms with Crippen molar-refractivity contribution in [2.75, 3.05) is 18.4 Å². The van der Waals surface area contributed by atoms with Crippen LogP contribution in [-0.2, 0) is 16.6 Å². The number of hydrogen-bond acceptors (Lipinski definition) is 7. The van der Waals surface area contributed by atoms with Gasteiger partial charge in [-0.15, -0.1) is 0 Å². The monoisotopic (exact) mass is 486 g/mol. The van der Waals surface area contributed by atoms with Crippen LogP contribution in [0.15, 0.2) is 17.1 Å². The Labute approximate surface area is 190 Å². The van der Waals surface area contributed by atoms with E-state index >= 15 is 0 Å². The van der Waals surface area contributed by atoms with Crippen LogP contribution in [0, 0.1) is 0 Å². The number of aliphatic hydroxyl groups is 1. The Morgan fingerprint density at radius 3 is 2.61 bits per heavy atom. The lowest BCUT2D eigenvalue weighted by Gasteiger charge is -2.30. The zero-order valence-electron chi connectivity index (χ0n) is 18.2. The molecule has 13 heteroatoms. The number of nitrogens with one attached hydrogen (secondary N) is 1. The lowest BCUT2D eigenvalue weighted by Crippen LogP contribution is -2.45. The second kappa shape index (κ2) is 8.85. The van der Waals surface area contributed by atoms with Gasteiger partial charge in [0.1, 0.15) is 5.65 Å². The number of pyridine rings is 1. The minimum absolute atomic E-state index is 0.0418. The fraction of sp³-hybridized carbons (Fsp3) is 0.650. The maximum Gasteiger partial charge on any atom is 0.276 e. The molecule has 2 fully saturated rings. The molecular formula is C20H28F2N6O4S. The molecule has 10 nitrogen and oxygen atoms in total. The number of aromatic nitrogens is 3. The number of anilines is 1. The molecule has 1 saturated carbocycles. The number of halogens is 2. The third-order valence-electron chi connectivity index (χ3n) is 6.56. The van der Waals surface area contributed by atoms with Crippen molar-refractivity contribution in [1.29, 1.82) is 0 Å². The molecule has 2 aromatic rings. The molecule has 3 heterocycles. The van der Waals surface area contributed by atoms with Gasteiger partial charge in [-0.3, -0.25) is 9.36 Å². The van der Waals surface area contributed by atoms with Crippen molar-refractivity contribution in [3.63, 3.8) is 0 Å². The van der Waals surface area contributed by atoms with E-state index in [0.29, 0.717) is 37.5 Å². The van der Waals surface area contributed by atoms with Crippen molar-refractivity contribution >= 4 is 27.2 Å². The van der Waals surface area contributed by atoms with Crippen LogP contribution in [-0.4, -0.2) is 63.5 Å². The highest BCUT2D eigenvalue weighted by molar-refractivity contribution is 7.86. The second-order valence-corrected chi connectivity index (χ2v) is 10.6. The van der Waals surface area contributed by atoms with Gasteiger partial charge in [-0.1, -0.05) is 0 Å². The zero-order valence-corrected chi connectivity index (χ0v) is 19.1. The number of rotatable bonds is 6. The van der Waals surface area contributed by atoms with Gasteiger partial charge in [0.05, 0.1) is 11.6 Å². The first-order chi connectivity index (χ1) is 15.5. The van der Waals surface area contributed by atoms with E-state index in [1.807, 2.05) is 0 Å². The van der Waals surface area contributed by atoms with Crippen LogP contribution in [0.4, 0.5) is 14.7 Å². The Balaban J connectivity index is 1.69. The summed E-state index contributed by atoms with van der Waals surface area (Å²) in [6, 6.07) is 0.692. The number of piperidine rings is 1. The van der Waals surface area contributed by atoms with Crippen molar-refractivity contribution < 1.29 is 22.3 Å². The number of nitrogens with two attached hydrogens (primary N) is 1. The van der Waals surface area contributed by atoms with Gasteiger partial charge in [-0.05, 0) is 45.1 Å². The van der Waals surface area contributed by atoms with Crippen molar-refractivity contribution in [3.05, 3.63) is 28.2 Å². The first-order valence-corrected chi connectivity index (χ1v) is 12.4. The largest absolute Gasteiger partial charge is 0.388 e. The van der Waals surface area contributed by atoms with Gasteiger partial charge >= 0.3 is 0 Å². The van der Waals surface area contributed by atoms with Crippen LogP contribution < -0.4 is 16.0 Å². The van der Waals surface area contributed by atoms with Crippen LogP contribution in [0.2, 0.25) is 0 Å². The number of nitrogens with zero attached hydrogens (tertiary/aromatic N) is 4. The van der Waals surface area contributed by atoms with E-state index in [9.17, 15) is 27.1 Å². The van der Waals surface area contributed by atoms with E-state index in [-0.39, 0.29) is 36.3 Å². The van der Waals surface area contributed by atoms with Gasteiger partial charge < -0.3 is 10.4 Å². The number of fused-ring (bicyclic) bond motifs is 1. The second-order valence-electron chi connectivity index (χ2n) is 9.04. The third kappa shape index (κ3) is 5.00. The molecule has 0 radical (unpaired) electrons. The van der Waals surface area contributed by atoms with E-state index in [0.717, 1.165) is 0 Å². The molecule has 33 heavy (non-hydrogen) atoms. The highest BCUT2D eigenvalue weighted by atomic mass is 32.2. The van der Waals surface area contributed by atoms with Crippen LogP contribution >= 0.6 is 0 Å². The Hall–Kier alpha value is -2.22. The summed E-state index contributed by atoms with van der Waals surface area (Å²) in [4.78, 5) is 22.0. The van der Waals surface area contributed by atoms with Gasteiger partial charge in [0, 0.05) is 42.7 Å². The van der Waals surface area contributed by atoms with E-state index in [1.54, 1.807) is 6.92 Å². The standard InChI is InChI=1S/C20H28F2N6O4S/c1-20(30)6-2-3-15(20)28-17-13(9-12(18(28)29)10-16(21)22)11-24-19(26-17)25-14-4-7-27(8-5-14)33(23,31)32/h9,11,14-16,30H,2-8,10H2,1H3,(H2,23,31,32)(H,24,25,26)/t15-,20+/m1/s1. The minimum Gasteiger partial charge on any atom is -0.388 e. The van der Waals surface area contributed by atoms with Gasteiger partial charge in [-0.25, -0.2) is 18.9 Å².